The first-order valence-corrected chi connectivity index (χ1v) is 8.62. The third-order valence-electron chi connectivity index (χ3n) is 4.44. The Morgan fingerprint density at radius 1 is 1.33 bits per heavy atom. The Bertz CT molecular complexity index is 385. The van der Waals surface area contributed by atoms with Gasteiger partial charge in [-0.05, 0) is 38.8 Å². The smallest absolute Gasteiger partial charge is 0.0640 e. The van der Waals surface area contributed by atoms with Crippen LogP contribution in [0.25, 0.3) is 0 Å². The van der Waals surface area contributed by atoms with Crippen molar-refractivity contribution in [2.75, 3.05) is 20.3 Å². The molecule has 0 spiro atoms. The molecule has 1 atom stereocenters. The van der Waals surface area contributed by atoms with Crippen LogP contribution in [-0.4, -0.2) is 36.1 Å². The van der Waals surface area contributed by atoms with E-state index in [1.165, 1.54) is 37.8 Å². The van der Waals surface area contributed by atoms with Crippen LogP contribution >= 0.6 is 0 Å². The number of rotatable bonds is 9. The molecule has 1 fully saturated rings. The number of hydrogen-bond donors (Lipinski definition) is 1. The van der Waals surface area contributed by atoms with E-state index in [0.29, 0.717) is 12.1 Å². The lowest BCUT2D eigenvalue weighted by Crippen LogP contribution is -2.29. The molecule has 0 bridgehead atoms. The highest BCUT2D eigenvalue weighted by atomic mass is 16.5. The normalized spacial score (nSPS) is 18.0. The van der Waals surface area contributed by atoms with Gasteiger partial charge >= 0.3 is 0 Å². The van der Waals surface area contributed by atoms with E-state index in [1.54, 1.807) is 0 Å². The lowest BCUT2D eigenvalue weighted by atomic mass is 9.96. The summed E-state index contributed by atoms with van der Waals surface area (Å²) in [5.74, 6) is 0. The lowest BCUT2D eigenvalue weighted by Gasteiger charge is -2.22. The van der Waals surface area contributed by atoms with Crippen molar-refractivity contribution in [3.05, 3.63) is 18.0 Å². The molecule has 1 aliphatic carbocycles. The fraction of sp³-hybridized carbons (Fsp3) is 0.824. The van der Waals surface area contributed by atoms with Crippen LogP contribution < -0.4 is 5.32 Å². The van der Waals surface area contributed by atoms with Crippen molar-refractivity contribution >= 4 is 0 Å². The quantitative estimate of drug-likeness (QED) is 0.710. The van der Waals surface area contributed by atoms with Crippen LogP contribution in [-0.2, 0) is 11.2 Å². The van der Waals surface area contributed by atoms with Gasteiger partial charge in [0.25, 0.3) is 0 Å². The summed E-state index contributed by atoms with van der Waals surface area (Å²) in [6.45, 7) is 3.85. The van der Waals surface area contributed by atoms with E-state index in [2.05, 4.69) is 29.2 Å². The molecule has 4 heteroatoms. The van der Waals surface area contributed by atoms with Crippen molar-refractivity contribution in [1.82, 2.24) is 15.1 Å². The van der Waals surface area contributed by atoms with E-state index >= 15 is 0 Å². The summed E-state index contributed by atoms with van der Waals surface area (Å²) in [6.07, 6.45) is 12.0. The van der Waals surface area contributed by atoms with Gasteiger partial charge in [0, 0.05) is 31.9 Å². The number of likely N-dealkylation sites (N-methyl/N-ethyl adjacent to an activating group) is 1. The van der Waals surface area contributed by atoms with Gasteiger partial charge in [-0.2, -0.15) is 5.10 Å². The second-order valence-corrected chi connectivity index (χ2v) is 6.17. The molecule has 1 saturated carbocycles. The van der Waals surface area contributed by atoms with Crippen LogP contribution in [0.2, 0.25) is 0 Å². The van der Waals surface area contributed by atoms with Gasteiger partial charge in [0.1, 0.15) is 0 Å². The number of nitrogens with one attached hydrogen (secondary N) is 1. The molecule has 1 heterocycles. The average molecular weight is 293 g/mol. The Balaban J connectivity index is 1.79. The molecule has 0 aliphatic heterocycles. The number of aromatic nitrogens is 2. The van der Waals surface area contributed by atoms with Crippen molar-refractivity contribution in [2.45, 2.75) is 70.4 Å². The minimum absolute atomic E-state index is 0.455. The molecule has 0 amide bonds. The molecule has 1 aromatic rings. The van der Waals surface area contributed by atoms with Crippen LogP contribution in [0.1, 0.15) is 63.6 Å². The SMILES string of the molecule is CCCOCCC(Cc1ccn(C2CCCCC2)n1)NC. The molecule has 0 radical (unpaired) electrons. The number of nitrogens with zero attached hydrogens (tertiary/aromatic N) is 2. The molecule has 1 aliphatic rings. The Labute approximate surface area is 129 Å². The second kappa shape index (κ2) is 9.21. The monoisotopic (exact) mass is 293 g/mol. The number of ether oxygens (including phenoxy) is 1. The van der Waals surface area contributed by atoms with Crippen LogP contribution in [0, 0.1) is 0 Å². The van der Waals surface area contributed by atoms with Gasteiger partial charge in [0.05, 0.1) is 11.7 Å². The van der Waals surface area contributed by atoms with Crippen molar-refractivity contribution in [3.63, 3.8) is 0 Å². The van der Waals surface area contributed by atoms with Gasteiger partial charge < -0.3 is 10.1 Å². The fourth-order valence-corrected chi connectivity index (χ4v) is 3.11. The molecular formula is C17H31N3O. The van der Waals surface area contributed by atoms with Crippen molar-refractivity contribution in [3.8, 4) is 0 Å². The van der Waals surface area contributed by atoms with Gasteiger partial charge in [-0.3, -0.25) is 4.68 Å². The first-order chi connectivity index (χ1) is 10.3. The molecule has 1 unspecified atom stereocenters. The van der Waals surface area contributed by atoms with Crippen LogP contribution in [0.5, 0.6) is 0 Å². The van der Waals surface area contributed by atoms with Gasteiger partial charge in [0.15, 0.2) is 0 Å². The minimum Gasteiger partial charge on any atom is -0.381 e. The first kappa shape index (κ1) is 16.5. The zero-order valence-corrected chi connectivity index (χ0v) is 13.7. The van der Waals surface area contributed by atoms with Gasteiger partial charge in [-0.1, -0.05) is 26.2 Å². The van der Waals surface area contributed by atoms with E-state index in [9.17, 15) is 0 Å². The third kappa shape index (κ3) is 5.44. The van der Waals surface area contributed by atoms with E-state index in [4.69, 9.17) is 9.84 Å². The summed E-state index contributed by atoms with van der Waals surface area (Å²) < 4.78 is 7.79. The van der Waals surface area contributed by atoms with E-state index in [-0.39, 0.29) is 0 Å². The molecular weight excluding hydrogens is 262 g/mol. The predicted octanol–water partition coefficient (Wildman–Crippen LogP) is 3.34. The Morgan fingerprint density at radius 2 is 2.14 bits per heavy atom. The molecule has 21 heavy (non-hydrogen) atoms. The highest BCUT2D eigenvalue weighted by Gasteiger charge is 2.17. The largest absolute Gasteiger partial charge is 0.381 e. The van der Waals surface area contributed by atoms with Crippen LogP contribution in [0.15, 0.2) is 12.3 Å². The average Bonchev–Trinajstić information content (AvgIpc) is 3.00. The fourth-order valence-electron chi connectivity index (χ4n) is 3.11. The molecule has 2 rings (SSSR count). The summed E-state index contributed by atoms with van der Waals surface area (Å²) in [5, 5.41) is 8.19. The van der Waals surface area contributed by atoms with Crippen molar-refractivity contribution in [2.24, 2.45) is 0 Å². The maximum atomic E-state index is 5.59. The van der Waals surface area contributed by atoms with Crippen molar-refractivity contribution < 1.29 is 4.74 Å². The highest BCUT2D eigenvalue weighted by Crippen LogP contribution is 2.27. The summed E-state index contributed by atoms with van der Waals surface area (Å²) in [5.41, 5.74) is 1.20. The van der Waals surface area contributed by atoms with E-state index in [0.717, 1.165) is 32.5 Å². The van der Waals surface area contributed by atoms with Gasteiger partial charge in [-0.25, -0.2) is 0 Å². The maximum absolute atomic E-state index is 5.59. The zero-order chi connectivity index (χ0) is 14.9. The minimum atomic E-state index is 0.455. The van der Waals surface area contributed by atoms with E-state index in [1.807, 2.05) is 7.05 Å². The molecule has 1 N–H and O–H groups in total. The molecule has 120 valence electrons. The molecule has 0 saturated heterocycles. The maximum Gasteiger partial charge on any atom is 0.0640 e. The first-order valence-electron chi connectivity index (χ1n) is 8.62. The van der Waals surface area contributed by atoms with Gasteiger partial charge in [0.2, 0.25) is 0 Å². The predicted molar refractivity (Wildman–Crippen MR) is 86.6 cm³/mol. The molecule has 4 nitrogen and oxygen atoms in total. The summed E-state index contributed by atoms with van der Waals surface area (Å²) in [6, 6.07) is 3.27. The van der Waals surface area contributed by atoms with Crippen LogP contribution in [0.4, 0.5) is 0 Å². The highest BCUT2D eigenvalue weighted by molar-refractivity contribution is 5.02. The third-order valence-corrected chi connectivity index (χ3v) is 4.44. The Hall–Kier alpha value is -0.870. The number of hydrogen-bond acceptors (Lipinski definition) is 3. The summed E-state index contributed by atoms with van der Waals surface area (Å²) in [7, 11) is 2.03. The summed E-state index contributed by atoms with van der Waals surface area (Å²) >= 11 is 0. The second-order valence-electron chi connectivity index (χ2n) is 6.17. The molecule has 0 aromatic carbocycles. The molecule has 1 aromatic heterocycles. The van der Waals surface area contributed by atoms with Crippen molar-refractivity contribution in [1.29, 1.82) is 0 Å². The Kier molecular flexibility index (Phi) is 7.24. The Morgan fingerprint density at radius 3 is 2.86 bits per heavy atom. The summed E-state index contributed by atoms with van der Waals surface area (Å²) in [4.78, 5) is 0. The zero-order valence-electron chi connectivity index (χ0n) is 13.7. The van der Waals surface area contributed by atoms with Gasteiger partial charge in [-0.15, -0.1) is 0 Å². The lowest BCUT2D eigenvalue weighted by molar-refractivity contribution is 0.125. The van der Waals surface area contributed by atoms with Crippen LogP contribution in [0.3, 0.4) is 0 Å². The van der Waals surface area contributed by atoms with E-state index < -0.39 is 0 Å². The topological polar surface area (TPSA) is 39.1 Å². The standard InChI is InChI=1S/C17H31N3O/c1-3-12-21-13-10-15(18-2)14-16-9-11-20(19-16)17-7-5-4-6-8-17/h9,11,15,17-18H,3-8,10,12-14H2,1-2H3.